The van der Waals surface area contributed by atoms with Gasteiger partial charge in [0.25, 0.3) is 0 Å². The van der Waals surface area contributed by atoms with Crippen LogP contribution in [-0.2, 0) is 0 Å². The number of thiophene rings is 1. The molecule has 29 heavy (non-hydrogen) atoms. The van der Waals surface area contributed by atoms with Crippen molar-refractivity contribution in [3.05, 3.63) is 58.2 Å². The van der Waals surface area contributed by atoms with Crippen molar-refractivity contribution >= 4 is 44.7 Å². The molecule has 2 heterocycles. The van der Waals surface area contributed by atoms with Crippen LogP contribution < -0.4 is 14.8 Å². The van der Waals surface area contributed by atoms with E-state index < -0.39 is 0 Å². The number of nitrogens with zero attached hydrogens (tertiary/aromatic N) is 2. The van der Waals surface area contributed by atoms with Crippen molar-refractivity contribution in [1.29, 1.82) is 0 Å². The van der Waals surface area contributed by atoms with Crippen LogP contribution in [0.1, 0.15) is 11.4 Å². The molecule has 0 fully saturated rings. The van der Waals surface area contributed by atoms with Crippen molar-refractivity contribution in [3.63, 3.8) is 0 Å². The second kappa shape index (κ2) is 7.89. The zero-order valence-electron chi connectivity index (χ0n) is 16.5. The lowest BCUT2D eigenvalue weighted by Gasteiger charge is -2.14. The molecule has 0 aliphatic rings. The minimum atomic E-state index is 0.658. The number of methoxy groups -OCH3 is 2. The first-order valence-electron chi connectivity index (χ1n) is 9.01. The zero-order valence-corrected chi connectivity index (χ0v) is 18.1. The second-order valence-electron chi connectivity index (χ2n) is 6.60. The molecule has 0 bridgehead atoms. The molecule has 0 aliphatic carbocycles. The molecule has 0 radical (unpaired) electrons. The van der Waals surface area contributed by atoms with Gasteiger partial charge in [-0.2, -0.15) is 0 Å². The van der Waals surface area contributed by atoms with E-state index in [1.165, 1.54) is 0 Å². The number of benzene rings is 2. The standard InChI is InChI=1S/C22H20ClN3O2S/c1-12-9-18(19(28-4)10-17(12)23)26-21-20-16(11-29-22(20)25-13(2)24-21)14-5-7-15(27-3)8-6-14/h5-11H,1-4H3,(H,24,25,26). The Kier molecular flexibility index (Phi) is 5.30. The van der Waals surface area contributed by atoms with Crippen LogP contribution in [0, 0.1) is 13.8 Å². The lowest BCUT2D eigenvalue weighted by Crippen LogP contribution is -2.01. The Morgan fingerprint density at radius 2 is 1.76 bits per heavy atom. The molecule has 0 saturated heterocycles. The number of aromatic nitrogens is 2. The molecule has 0 amide bonds. The van der Waals surface area contributed by atoms with E-state index in [9.17, 15) is 0 Å². The van der Waals surface area contributed by atoms with E-state index in [4.69, 9.17) is 21.1 Å². The van der Waals surface area contributed by atoms with Gasteiger partial charge in [-0.1, -0.05) is 23.7 Å². The van der Waals surface area contributed by atoms with E-state index in [-0.39, 0.29) is 0 Å². The predicted molar refractivity (Wildman–Crippen MR) is 120 cm³/mol. The Labute approximate surface area is 178 Å². The van der Waals surface area contributed by atoms with E-state index in [1.54, 1.807) is 25.6 Å². The van der Waals surface area contributed by atoms with Crippen molar-refractivity contribution < 1.29 is 9.47 Å². The molecule has 5 nitrogen and oxygen atoms in total. The van der Waals surface area contributed by atoms with Crippen molar-refractivity contribution in [2.24, 2.45) is 0 Å². The van der Waals surface area contributed by atoms with Gasteiger partial charge in [0.2, 0.25) is 0 Å². The van der Waals surface area contributed by atoms with Gasteiger partial charge in [-0.05, 0) is 43.2 Å². The Balaban J connectivity index is 1.86. The number of anilines is 2. The van der Waals surface area contributed by atoms with Crippen LogP contribution in [0.25, 0.3) is 21.3 Å². The van der Waals surface area contributed by atoms with Crippen molar-refractivity contribution in [1.82, 2.24) is 9.97 Å². The summed E-state index contributed by atoms with van der Waals surface area (Å²) in [5.74, 6) is 2.92. The number of hydrogen-bond donors (Lipinski definition) is 1. The van der Waals surface area contributed by atoms with Crippen LogP contribution in [0.2, 0.25) is 5.02 Å². The highest BCUT2D eigenvalue weighted by Gasteiger charge is 2.16. The summed E-state index contributed by atoms with van der Waals surface area (Å²) in [4.78, 5) is 10.2. The van der Waals surface area contributed by atoms with Gasteiger partial charge in [0, 0.05) is 22.0 Å². The molecule has 0 aliphatic heterocycles. The first-order chi connectivity index (χ1) is 14.0. The predicted octanol–water partition coefficient (Wildman–Crippen LogP) is 6.39. The Hall–Kier alpha value is -2.83. The molecular formula is C22H20ClN3O2S. The Morgan fingerprint density at radius 1 is 1.00 bits per heavy atom. The largest absolute Gasteiger partial charge is 0.497 e. The number of nitrogens with one attached hydrogen (secondary N) is 1. The van der Waals surface area contributed by atoms with Gasteiger partial charge in [-0.15, -0.1) is 11.3 Å². The number of halogens is 1. The van der Waals surface area contributed by atoms with Crippen LogP contribution in [-0.4, -0.2) is 24.2 Å². The maximum absolute atomic E-state index is 6.26. The summed E-state index contributed by atoms with van der Waals surface area (Å²) in [6.07, 6.45) is 0. The first kappa shape index (κ1) is 19.5. The van der Waals surface area contributed by atoms with Crippen LogP contribution in [0.5, 0.6) is 11.5 Å². The highest BCUT2D eigenvalue weighted by molar-refractivity contribution is 7.17. The number of rotatable bonds is 5. The highest BCUT2D eigenvalue weighted by atomic mass is 35.5. The van der Waals surface area contributed by atoms with E-state index in [1.807, 2.05) is 50.2 Å². The maximum Gasteiger partial charge on any atom is 0.143 e. The summed E-state index contributed by atoms with van der Waals surface area (Å²) in [6, 6.07) is 11.7. The summed E-state index contributed by atoms with van der Waals surface area (Å²) in [6.45, 7) is 3.85. The third-order valence-corrected chi connectivity index (χ3v) is 5.96. The first-order valence-corrected chi connectivity index (χ1v) is 10.3. The molecule has 1 N–H and O–H groups in total. The third-order valence-electron chi connectivity index (χ3n) is 4.68. The van der Waals surface area contributed by atoms with Crippen molar-refractivity contribution in [2.75, 3.05) is 19.5 Å². The van der Waals surface area contributed by atoms with Crippen molar-refractivity contribution in [3.8, 4) is 22.6 Å². The smallest absolute Gasteiger partial charge is 0.143 e. The van der Waals surface area contributed by atoms with Crippen molar-refractivity contribution in [2.45, 2.75) is 13.8 Å². The summed E-state index contributed by atoms with van der Waals surface area (Å²) >= 11 is 7.86. The fraction of sp³-hybridized carbons (Fsp3) is 0.182. The van der Waals surface area contributed by atoms with E-state index in [2.05, 4.69) is 20.7 Å². The summed E-state index contributed by atoms with van der Waals surface area (Å²) in [5, 5.41) is 7.18. The lowest BCUT2D eigenvalue weighted by molar-refractivity contribution is 0.415. The molecule has 0 spiro atoms. The Bertz CT molecular complexity index is 1190. The molecule has 0 unspecified atom stereocenters. The van der Waals surface area contributed by atoms with Crippen LogP contribution in [0.15, 0.2) is 41.8 Å². The molecule has 7 heteroatoms. The number of hydrogen-bond acceptors (Lipinski definition) is 6. The normalized spacial score (nSPS) is 10.9. The Morgan fingerprint density at radius 3 is 2.45 bits per heavy atom. The average Bonchev–Trinajstić information content (AvgIpc) is 3.14. The minimum absolute atomic E-state index is 0.658. The fourth-order valence-corrected chi connectivity index (χ4v) is 4.33. The summed E-state index contributed by atoms with van der Waals surface area (Å²) < 4.78 is 10.8. The molecular weight excluding hydrogens is 406 g/mol. The van der Waals surface area contributed by atoms with E-state index in [0.717, 1.165) is 44.2 Å². The molecule has 4 rings (SSSR count). The molecule has 2 aromatic heterocycles. The summed E-state index contributed by atoms with van der Waals surface area (Å²) in [7, 11) is 3.29. The van der Waals surface area contributed by atoms with Gasteiger partial charge in [0.05, 0.1) is 25.3 Å². The molecule has 0 saturated carbocycles. The number of aryl methyl sites for hydroxylation is 2. The number of ether oxygens (including phenoxy) is 2. The van der Waals surface area contributed by atoms with Crippen LogP contribution >= 0.6 is 22.9 Å². The molecule has 148 valence electrons. The fourth-order valence-electron chi connectivity index (χ4n) is 3.18. The SMILES string of the molecule is COc1ccc(-c2csc3nc(C)nc(Nc4cc(C)c(Cl)cc4OC)c23)cc1. The molecule has 0 atom stereocenters. The highest BCUT2D eigenvalue weighted by Crippen LogP contribution is 2.40. The quantitative estimate of drug-likeness (QED) is 0.401. The van der Waals surface area contributed by atoms with Crippen LogP contribution in [0.4, 0.5) is 11.5 Å². The van der Waals surface area contributed by atoms with Gasteiger partial charge in [-0.3, -0.25) is 0 Å². The number of fused-ring (bicyclic) bond motifs is 1. The second-order valence-corrected chi connectivity index (χ2v) is 7.87. The van der Waals surface area contributed by atoms with Gasteiger partial charge in [0.1, 0.15) is 28.0 Å². The van der Waals surface area contributed by atoms with Gasteiger partial charge in [-0.25, -0.2) is 9.97 Å². The average molecular weight is 426 g/mol. The minimum Gasteiger partial charge on any atom is -0.497 e. The van der Waals surface area contributed by atoms with E-state index in [0.29, 0.717) is 16.6 Å². The van der Waals surface area contributed by atoms with E-state index >= 15 is 0 Å². The zero-order chi connectivity index (χ0) is 20.5. The topological polar surface area (TPSA) is 56.3 Å². The van der Waals surface area contributed by atoms with Gasteiger partial charge >= 0.3 is 0 Å². The third kappa shape index (κ3) is 3.73. The van der Waals surface area contributed by atoms with Crippen LogP contribution in [0.3, 0.4) is 0 Å². The maximum atomic E-state index is 6.26. The molecule has 2 aromatic carbocycles. The molecule has 4 aromatic rings. The summed E-state index contributed by atoms with van der Waals surface area (Å²) in [5.41, 5.74) is 3.91. The van der Waals surface area contributed by atoms with Gasteiger partial charge < -0.3 is 14.8 Å². The monoisotopic (exact) mass is 425 g/mol. The lowest BCUT2D eigenvalue weighted by atomic mass is 10.1. The van der Waals surface area contributed by atoms with Gasteiger partial charge in [0.15, 0.2) is 0 Å².